The summed E-state index contributed by atoms with van der Waals surface area (Å²) in [5, 5.41) is 12.4. The van der Waals surface area contributed by atoms with Crippen LogP contribution in [-0.4, -0.2) is 57.2 Å². The van der Waals surface area contributed by atoms with Gasteiger partial charge in [-0.1, -0.05) is 48.5 Å². The first-order valence-corrected chi connectivity index (χ1v) is 15.5. The fraction of sp³-hybridized carbons (Fsp3) is 0.600. The summed E-state index contributed by atoms with van der Waals surface area (Å²) in [6.45, 7) is 5.35. The fourth-order valence-electron chi connectivity index (χ4n) is 9.40. The number of aliphatic hydroxyl groups is 1. The van der Waals surface area contributed by atoms with Crippen molar-refractivity contribution >= 4 is 45.9 Å². The molecule has 9 atom stereocenters. The second-order valence-corrected chi connectivity index (χ2v) is 14.6. The molecule has 39 heavy (non-hydrogen) atoms. The van der Waals surface area contributed by atoms with Crippen molar-refractivity contribution in [1.29, 1.82) is 0 Å². The van der Waals surface area contributed by atoms with Gasteiger partial charge in [0.2, 0.25) is 0 Å². The molecule has 0 amide bonds. The fourth-order valence-corrected chi connectivity index (χ4v) is 10.7. The molecule has 1 aromatic rings. The van der Waals surface area contributed by atoms with E-state index in [4.69, 9.17) is 23.2 Å². The van der Waals surface area contributed by atoms with E-state index in [1.54, 1.807) is 6.92 Å². The van der Waals surface area contributed by atoms with Crippen LogP contribution in [0.1, 0.15) is 38.7 Å². The Morgan fingerprint density at radius 1 is 1.26 bits per heavy atom. The SMILES string of the molecule is C[C@]12C=CC(=O)C=C1[C@@H](F)C[C@H]1[C@@H]3C[C@H]4CN(Cc5cccc(Cl)c5)C[C@@]4(C(=O)SCCl)[C@@]3(C)C[C@H](O)[C@@]12F. The number of carbonyl (C=O) groups excluding carboxylic acids is 2. The predicted octanol–water partition coefficient (Wildman–Crippen LogP) is 6.14. The van der Waals surface area contributed by atoms with Crippen LogP contribution >= 0.6 is 35.0 Å². The highest BCUT2D eigenvalue weighted by atomic mass is 35.5. The van der Waals surface area contributed by atoms with E-state index in [0.29, 0.717) is 31.1 Å². The first-order chi connectivity index (χ1) is 18.4. The summed E-state index contributed by atoms with van der Waals surface area (Å²) in [6, 6.07) is 7.65. The van der Waals surface area contributed by atoms with Crippen molar-refractivity contribution in [2.45, 2.75) is 57.6 Å². The zero-order chi connectivity index (χ0) is 28.0. The molecule has 0 unspecified atom stereocenters. The number of aliphatic hydroxyl groups excluding tert-OH is 1. The van der Waals surface area contributed by atoms with Crippen molar-refractivity contribution in [2.75, 3.05) is 18.3 Å². The summed E-state index contributed by atoms with van der Waals surface area (Å²) in [7, 11) is 0. The van der Waals surface area contributed by atoms with Gasteiger partial charge in [-0.05, 0) is 78.9 Å². The van der Waals surface area contributed by atoms with Gasteiger partial charge in [-0.15, -0.1) is 11.6 Å². The molecule has 4 aliphatic carbocycles. The van der Waals surface area contributed by atoms with E-state index in [9.17, 15) is 14.7 Å². The van der Waals surface area contributed by atoms with E-state index < -0.39 is 40.1 Å². The van der Waals surface area contributed by atoms with Crippen LogP contribution in [0.3, 0.4) is 0 Å². The molecule has 4 fully saturated rings. The smallest absolute Gasteiger partial charge is 0.198 e. The zero-order valence-corrected chi connectivity index (χ0v) is 24.3. The van der Waals surface area contributed by atoms with E-state index in [2.05, 4.69) is 4.90 Å². The first-order valence-electron chi connectivity index (χ1n) is 13.6. The molecule has 3 saturated carbocycles. The number of nitrogens with zero attached hydrogens (tertiary/aromatic N) is 1. The van der Waals surface area contributed by atoms with E-state index in [0.717, 1.165) is 17.3 Å². The Bertz CT molecular complexity index is 1290. The van der Waals surface area contributed by atoms with Gasteiger partial charge in [-0.3, -0.25) is 14.5 Å². The molecule has 0 bridgehead atoms. The summed E-state index contributed by atoms with van der Waals surface area (Å²) in [6.07, 6.45) is 1.60. The van der Waals surface area contributed by atoms with Gasteiger partial charge in [0.15, 0.2) is 16.6 Å². The number of halogens is 4. The highest BCUT2D eigenvalue weighted by Gasteiger charge is 2.78. The molecule has 210 valence electrons. The monoisotopic (exact) mass is 595 g/mol. The van der Waals surface area contributed by atoms with Gasteiger partial charge in [-0.2, -0.15) is 0 Å². The minimum Gasteiger partial charge on any atom is -0.390 e. The summed E-state index contributed by atoms with van der Waals surface area (Å²) in [5.41, 5.74) is -4.01. The molecular weight excluding hydrogens is 563 g/mol. The quantitative estimate of drug-likeness (QED) is 0.423. The number of thioether (sulfide) groups is 1. The molecule has 1 N–H and O–H groups in total. The average molecular weight is 597 g/mol. The number of hydrogen-bond donors (Lipinski definition) is 1. The van der Waals surface area contributed by atoms with Gasteiger partial charge in [0, 0.05) is 36.0 Å². The Morgan fingerprint density at radius 2 is 2.03 bits per heavy atom. The van der Waals surface area contributed by atoms with Gasteiger partial charge in [0.1, 0.15) is 6.17 Å². The Balaban J connectivity index is 1.40. The maximum Gasteiger partial charge on any atom is 0.198 e. The third-order valence-electron chi connectivity index (χ3n) is 11.1. The molecule has 1 heterocycles. The van der Waals surface area contributed by atoms with Crippen LogP contribution in [0.5, 0.6) is 0 Å². The molecule has 0 radical (unpaired) electrons. The number of likely N-dealkylation sites (tertiary alicyclic amines) is 1. The number of carbonyl (C=O) groups is 2. The number of rotatable bonds is 4. The molecule has 5 aliphatic rings. The summed E-state index contributed by atoms with van der Waals surface area (Å²) >= 11 is 13.4. The molecule has 0 aromatic heterocycles. The van der Waals surface area contributed by atoms with Crippen LogP contribution in [0, 0.1) is 34.0 Å². The summed E-state index contributed by atoms with van der Waals surface area (Å²) in [4.78, 5) is 28.4. The number of fused-ring (bicyclic) bond motifs is 7. The predicted molar refractivity (Wildman–Crippen MR) is 150 cm³/mol. The molecular formula is C30H33Cl2F2NO3S. The normalized spacial score (nSPS) is 44.8. The summed E-state index contributed by atoms with van der Waals surface area (Å²) < 4.78 is 33.3. The lowest BCUT2D eigenvalue weighted by molar-refractivity contribution is -0.210. The lowest BCUT2D eigenvalue weighted by Gasteiger charge is -2.63. The largest absolute Gasteiger partial charge is 0.390 e. The Labute approximate surface area is 242 Å². The third kappa shape index (κ3) is 3.68. The van der Waals surface area contributed by atoms with Crippen molar-refractivity contribution in [2.24, 2.45) is 34.0 Å². The van der Waals surface area contributed by atoms with E-state index in [1.165, 1.54) is 18.2 Å². The van der Waals surface area contributed by atoms with Crippen molar-refractivity contribution in [3.8, 4) is 0 Å². The summed E-state index contributed by atoms with van der Waals surface area (Å²) in [5.74, 6) is -1.53. The Kier molecular flexibility index (Phi) is 6.71. The van der Waals surface area contributed by atoms with E-state index in [1.807, 2.05) is 31.2 Å². The maximum absolute atomic E-state index is 17.5. The number of allylic oxidation sites excluding steroid dienone is 4. The number of benzene rings is 1. The van der Waals surface area contributed by atoms with Gasteiger partial charge < -0.3 is 5.11 Å². The lowest BCUT2D eigenvalue weighted by atomic mass is 9.43. The Morgan fingerprint density at radius 3 is 2.74 bits per heavy atom. The standard InChI is InChI=1S/C30H33Cl2F2NO3S/c1-27-7-6-20(36)10-23(27)24(33)11-22-21-9-18-14-35(13-17-4-3-5-19(32)8-17)15-29(18,26(38)39-16-31)28(21,2)12-25(37)30(22,27)34/h3-8,10,18,21-22,24-25,37H,9,11-16H2,1-2H3/t18-,21-,22-,24-,25-,27-,28-,29+,30-/m0/s1. The zero-order valence-electron chi connectivity index (χ0n) is 22.0. The second kappa shape index (κ2) is 9.38. The number of ketones is 1. The van der Waals surface area contributed by atoms with Crippen LogP contribution in [0.4, 0.5) is 8.78 Å². The molecule has 1 saturated heterocycles. The van der Waals surface area contributed by atoms with Gasteiger partial charge in [0.05, 0.1) is 16.7 Å². The minimum atomic E-state index is -2.15. The molecule has 4 nitrogen and oxygen atoms in total. The number of hydrogen-bond acceptors (Lipinski definition) is 5. The van der Waals surface area contributed by atoms with Crippen LogP contribution in [0.25, 0.3) is 0 Å². The van der Waals surface area contributed by atoms with Crippen LogP contribution < -0.4 is 0 Å². The number of alkyl halides is 3. The molecule has 1 aromatic carbocycles. The highest BCUT2D eigenvalue weighted by Crippen LogP contribution is 2.75. The third-order valence-corrected chi connectivity index (χ3v) is 12.4. The van der Waals surface area contributed by atoms with Crippen molar-refractivity contribution in [3.05, 3.63) is 58.7 Å². The van der Waals surface area contributed by atoms with E-state index in [-0.39, 0.29) is 46.4 Å². The maximum atomic E-state index is 17.5. The van der Waals surface area contributed by atoms with Crippen LogP contribution in [-0.2, 0) is 16.1 Å². The van der Waals surface area contributed by atoms with E-state index >= 15 is 8.78 Å². The average Bonchev–Trinajstić information content (AvgIpc) is 3.35. The second-order valence-electron chi connectivity index (χ2n) is 12.6. The van der Waals surface area contributed by atoms with Crippen molar-refractivity contribution in [1.82, 2.24) is 4.90 Å². The van der Waals surface area contributed by atoms with Gasteiger partial charge >= 0.3 is 0 Å². The Hall–Kier alpha value is -1.25. The topological polar surface area (TPSA) is 57.6 Å². The first kappa shape index (κ1) is 27.9. The molecule has 6 rings (SSSR count). The minimum absolute atomic E-state index is 0.0257. The van der Waals surface area contributed by atoms with Crippen molar-refractivity contribution < 1.29 is 23.5 Å². The van der Waals surface area contributed by atoms with Crippen LogP contribution in [0.15, 0.2) is 48.1 Å². The van der Waals surface area contributed by atoms with Crippen LogP contribution in [0.2, 0.25) is 5.02 Å². The van der Waals surface area contributed by atoms with Crippen molar-refractivity contribution in [3.63, 3.8) is 0 Å². The lowest BCUT2D eigenvalue weighted by Crippen LogP contribution is -2.69. The highest BCUT2D eigenvalue weighted by molar-refractivity contribution is 8.14. The van der Waals surface area contributed by atoms with Gasteiger partial charge in [0.25, 0.3) is 0 Å². The van der Waals surface area contributed by atoms with Gasteiger partial charge in [-0.25, -0.2) is 8.78 Å². The molecule has 9 heteroatoms. The molecule has 1 aliphatic heterocycles. The molecule has 0 spiro atoms.